The lowest BCUT2D eigenvalue weighted by atomic mass is 10.0. The Balaban J connectivity index is 2.15. The van der Waals surface area contributed by atoms with Crippen LogP contribution in [0, 0.1) is 0 Å². The number of thioether (sulfide) groups is 1. The van der Waals surface area contributed by atoms with Crippen molar-refractivity contribution in [2.75, 3.05) is 18.6 Å². The highest BCUT2D eigenvalue weighted by Crippen LogP contribution is 2.12. The van der Waals surface area contributed by atoms with Crippen molar-refractivity contribution in [3.05, 3.63) is 65.7 Å². The van der Waals surface area contributed by atoms with Crippen LogP contribution < -0.4 is 33.2 Å². The van der Waals surface area contributed by atoms with Gasteiger partial charge in [0.25, 0.3) is 0 Å². The largest absolute Gasteiger partial charge is 0.508 e. The van der Waals surface area contributed by atoms with Crippen molar-refractivity contribution in [2.24, 2.45) is 22.2 Å². The maximum Gasteiger partial charge on any atom is 0.326 e. The Morgan fingerprint density at radius 1 is 0.814 bits per heavy atom. The van der Waals surface area contributed by atoms with Crippen molar-refractivity contribution in [1.29, 1.82) is 0 Å². The minimum absolute atomic E-state index is 0.0436. The monoisotopic (exact) mass is 615 g/mol. The lowest BCUT2D eigenvalue weighted by Crippen LogP contribution is -2.57. The maximum atomic E-state index is 13.4. The summed E-state index contributed by atoms with van der Waals surface area (Å²) < 4.78 is 0. The first-order valence-corrected chi connectivity index (χ1v) is 15.1. The van der Waals surface area contributed by atoms with Gasteiger partial charge in [0.15, 0.2) is 5.96 Å². The van der Waals surface area contributed by atoms with Crippen LogP contribution in [0.25, 0.3) is 0 Å². The summed E-state index contributed by atoms with van der Waals surface area (Å²) in [6.07, 6.45) is 2.76. The molecule has 0 saturated carbocycles. The molecule has 0 aliphatic carbocycles. The normalized spacial score (nSPS) is 13.5. The highest BCUT2D eigenvalue weighted by Gasteiger charge is 2.30. The van der Waals surface area contributed by atoms with Gasteiger partial charge < -0.3 is 43.4 Å². The molecule has 14 heteroatoms. The molecule has 0 bridgehead atoms. The van der Waals surface area contributed by atoms with Crippen LogP contribution in [-0.2, 0) is 32.0 Å². The zero-order valence-corrected chi connectivity index (χ0v) is 24.9. The third-order valence-electron chi connectivity index (χ3n) is 6.45. The van der Waals surface area contributed by atoms with Gasteiger partial charge in [-0.15, -0.1) is 0 Å². The SMILES string of the molecule is CSCC[C@@H](NC(=O)[C@H](N)Cc1ccc(O)cc1)C(=O)N[C@@H](CCCN=C(N)N)C(=O)N[C@@H](Cc1ccccc1)C(=O)O. The Labute approximate surface area is 255 Å². The number of carbonyl (C=O) groups excluding carboxylic acids is 3. The van der Waals surface area contributed by atoms with Crippen molar-refractivity contribution in [3.63, 3.8) is 0 Å². The molecule has 11 N–H and O–H groups in total. The van der Waals surface area contributed by atoms with Crippen molar-refractivity contribution in [2.45, 2.75) is 56.3 Å². The molecule has 0 aromatic heterocycles. The quantitative estimate of drug-likeness (QED) is 0.0627. The molecule has 2 aromatic rings. The third kappa shape index (κ3) is 13.0. The topological polar surface area (TPSA) is 235 Å². The number of nitrogens with zero attached hydrogens (tertiary/aromatic N) is 1. The molecule has 0 heterocycles. The number of phenols is 1. The molecule has 2 rings (SSSR count). The van der Waals surface area contributed by atoms with E-state index in [4.69, 9.17) is 17.2 Å². The van der Waals surface area contributed by atoms with E-state index in [0.29, 0.717) is 17.7 Å². The number of benzene rings is 2. The number of nitrogens with one attached hydrogen (secondary N) is 3. The minimum Gasteiger partial charge on any atom is -0.508 e. The van der Waals surface area contributed by atoms with Crippen molar-refractivity contribution in [3.8, 4) is 5.75 Å². The number of carbonyl (C=O) groups is 4. The first kappa shape index (κ1) is 34.9. The standard InChI is InChI=1S/C29H41N7O6S/c1-43-15-13-23(34-25(38)21(30)16-19-9-11-20(37)12-10-19)27(40)35-22(8-5-14-33-29(31)32)26(39)36-24(28(41)42)17-18-6-3-2-4-7-18/h2-4,6-7,9-12,21-24,37H,5,8,13-17,30H2,1H3,(H,34,38)(H,35,40)(H,36,39)(H,41,42)(H4,31,32,33)/t21-,22+,23-,24+/m1/s1. The molecule has 234 valence electrons. The molecule has 2 aromatic carbocycles. The number of rotatable bonds is 18. The van der Waals surface area contributed by atoms with Gasteiger partial charge in [0.05, 0.1) is 6.04 Å². The second-order valence-electron chi connectivity index (χ2n) is 9.92. The summed E-state index contributed by atoms with van der Waals surface area (Å²) in [5, 5.41) is 27.1. The first-order chi connectivity index (χ1) is 20.5. The summed E-state index contributed by atoms with van der Waals surface area (Å²) in [6.45, 7) is 0.188. The number of hydrogen-bond donors (Lipinski definition) is 8. The smallest absolute Gasteiger partial charge is 0.326 e. The predicted octanol–water partition coefficient (Wildman–Crippen LogP) is -0.150. The number of carboxylic acid groups (broad SMARTS) is 1. The first-order valence-electron chi connectivity index (χ1n) is 13.8. The number of hydrogen-bond acceptors (Lipinski definition) is 8. The van der Waals surface area contributed by atoms with Gasteiger partial charge in [0, 0.05) is 13.0 Å². The fourth-order valence-corrected chi connectivity index (χ4v) is 4.60. The molecule has 0 aliphatic rings. The molecule has 0 aliphatic heterocycles. The van der Waals surface area contributed by atoms with Crippen LogP contribution in [0.4, 0.5) is 0 Å². The predicted molar refractivity (Wildman–Crippen MR) is 166 cm³/mol. The molecular weight excluding hydrogens is 574 g/mol. The lowest BCUT2D eigenvalue weighted by molar-refractivity contribution is -0.142. The lowest BCUT2D eigenvalue weighted by Gasteiger charge is -2.25. The van der Waals surface area contributed by atoms with E-state index in [2.05, 4.69) is 20.9 Å². The molecule has 43 heavy (non-hydrogen) atoms. The van der Waals surface area contributed by atoms with E-state index in [1.807, 2.05) is 6.26 Å². The van der Waals surface area contributed by atoms with Crippen molar-refractivity contribution >= 4 is 41.4 Å². The van der Waals surface area contributed by atoms with Gasteiger partial charge in [0.1, 0.15) is 23.9 Å². The van der Waals surface area contributed by atoms with Crippen LogP contribution in [-0.4, -0.2) is 82.6 Å². The number of amides is 3. The zero-order chi connectivity index (χ0) is 31.8. The number of nitrogens with two attached hydrogens (primary N) is 3. The Bertz CT molecular complexity index is 1230. The summed E-state index contributed by atoms with van der Waals surface area (Å²) in [5.41, 5.74) is 18.3. The Morgan fingerprint density at radius 2 is 1.37 bits per heavy atom. The van der Waals surface area contributed by atoms with E-state index in [-0.39, 0.29) is 43.9 Å². The van der Waals surface area contributed by atoms with Crippen LogP contribution in [0.15, 0.2) is 59.6 Å². The molecule has 0 radical (unpaired) electrons. The average Bonchev–Trinajstić information content (AvgIpc) is 2.97. The number of aliphatic carboxylic acids is 1. The minimum atomic E-state index is -1.24. The highest BCUT2D eigenvalue weighted by atomic mass is 32.2. The van der Waals surface area contributed by atoms with Gasteiger partial charge in [-0.05, 0) is 61.0 Å². The van der Waals surface area contributed by atoms with Gasteiger partial charge >= 0.3 is 5.97 Å². The number of carboxylic acids is 1. The third-order valence-corrected chi connectivity index (χ3v) is 7.09. The van der Waals surface area contributed by atoms with Gasteiger partial charge in [-0.1, -0.05) is 42.5 Å². The number of aliphatic imine (C=N–C) groups is 1. The molecule has 0 saturated heterocycles. The number of guanidine groups is 1. The van der Waals surface area contributed by atoms with Crippen molar-refractivity contribution in [1.82, 2.24) is 16.0 Å². The van der Waals surface area contributed by atoms with E-state index >= 15 is 0 Å². The zero-order valence-electron chi connectivity index (χ0n) is 24.1. The van der Waals surface area contributed by atoms with Gasteiger partial charge in [-0.25, -0.2) is 4.79 Å². The molecule has 0 unspecified atom stereocenters. The summed E-state index contributed by atoms with van der Waals surface area (Å²) in [6, 6.07) is 10.8. The van der Waals surface area contributed by atoms with Crippen LogP contribution >= 0.6 is 11.8 Å². The maximum absolute atomic E-state index is 13.4. The molecule has 0 spiro atoms. The summed E-state index contributed by atoms with van der Waals surface area (Å²) in [4.78, 5) is 55.5. The fraction of sp³-hybridized carbons (Fsp3) is 0.414. The average molecular weight is 616 g/mol. The molecule has 4 atom stereocenters. The van der Waals surface area contributed by atoms with E-state index < -0.39 is 47.9 Å². The van der Waals surface area contributed by atoms with E-state index in [1.54, 1.807) is 42.5 Å². The summed E-state index contributed by atoms with van der Waals surface area (Å²) in [7, 11) is 0. The van der Waals surface area contributed by atoms with Crippen LogP contribution in [0.1, 0.15) is 30.4 Å². The van der Waals surface area contributed by atoms with E-state index in [9.17, 15) is 29.4 Å². The molecule has 3 amide bonds. The highest BCUT2D eigenvalue weighted by molar-refractivity contribution is 7.98. The van der Waals surface area contributed by atoms with Crippen LogP contribution in [0.3, 0.4) is 0 Å². The van der Waals surface area contributed by atoms with Crippen LogP contribution in [0.5, 0.6) is 5.75 Å². The molecule has 0 fully saturated rings. The van der Waals surface area contributed by atoms with E-state index in [0.717, 1.165) is 5.56 Å². The van der Waals surface area contributed by atoms with Gasteiger partial charge in [-0.2, -0.15) is 11.8 Å². The summed E-state index contributed by atoms with van der Waals surface area (Å²) >= 11 is 1.47. The number of aromatic hydroxyl groups is 1. The van der Waals surface area contributed by atoms with Gasteiger partial charge in [0.2, 0.25) is 17.7 Å². The van der Waals surface area contributed by atoms with Crippen LogP contribution in [0.2, 0.25) is 0 Å². The van der Waals surface area contributed by atoms with E-state index in [1.165, 1.54) is 23.9 Å². The second kappa shape index (κ2) is 18.3. The molecular formula is C29H41N7O6S. The Morgan fingerprint density at radius 3 is 1.95 bits per heavy atom. The van der Waals surface area contributed by atoms with Gasteiger partial charge in [-0.3, -0.25) is 19.4 Å². The Hall–Kier alpha value is -4.30. The fourth-order valence-electron chi connectivity index (χ4n) is 4.13. The Kier molecular flexibility index (Phi) is 14.8. The summed E-state index contributed by atoms with van der Waals surface area (Å²) in [5.74, 6) is -2.60. The van der Waals surface area contributed by atoms with Crippen molar-refractivity contribution < 1.29 is 29.4 Å². The molecule has 13 nitrogen and oxygen atoms in total. The second-order valence-corrected chi connectivity index (χ2v) is 10.9. The number of phenolic OH excluding ortho intramolecular Hbond substituents is 1.